The lowest BCUT2D eigenvalue weighted by Gasteiger charge is -2.10. The summed E-state index contributed by atoms with van der Waals surface area (Å²) in [6.07, 6.45) is 0.887. The van der Waals surface area contributed by atoms with Gasteiger partial charge in [0.15, 0.2) is 0 Å². The van der Waals surface area contributed by atoms with E-state index in [1.165, 1.54) is 11.1 Å². The third kappa shape index (κ3) is 3.59. The van der Waals surface area contributed by atoms with Crippen LogP contribution in [0, 0.1) is 0 Å². The van der Waals surface area contributed by atoms with E-state index in [-0.39, 0.29) is 0 Å². The molecule has 0 amide bonds. The number of hydrogen-bond acceptors (Lipinski definition) is 2. The molecule has 2 rings (SSSR count). The van der Waals surface area contributed by atoms with Gasteiger partial charge in [-0.25, -0.2) is 0 Å². The Morgan fingerprint density at radius 2 is 1.78 bits per heavy atom. The highest BCUT2D eigenvalue weighted by Gasteiger charge is 2.02. The van der Waals surface area contributed by atoms with Gasteiger partial charge in [0, 0.05) is 4.47 Å². The zero-order chi connectivity index (χ0) is 12.8. The first-order chi connectivity index (χ1) is 8.79. The molecular weight excluding hydrogens is 290 g/mol. The minimum absolute atomic E-state index is 0.576. The van der Waals surface area contributed by atoms with Crippen molar-refractivity contribution >= 4 is 15.9 Å². The zero-order valence-electron chi connectivity index (χ0n) is 10.1. The maximum Gasteiger partial charge on any atom is 0.120 e. The highest BCUT2D eigenvalue weighted by molar-refractivity contribution is 9.10. The molecule has 2 aromatic rings. The molecule has 0 atom stereocenters. The summed E-state index contributed by atoms with van der Waals surface area (Å²) in [4.78, 5) is 0. The van der Waals surface area contributed by atoms with Gasteiger partial charge in [0.1, 0.15) is 12.4 Å². The molecule has 2 aromatic carbocycles. The normalized spacial score (nSPS) is 10.3. The second-order valence-electron chi connectivity index (χ2n) is 4.05. The summed E-state index contributed by atoms with van der Waals surface area (Å²) in [5.74, 6) is 0.868. The van der Waals surface area contributed by atoms with Crippen molar-refractivity contribution < 1.29 is 4.74 Å². The predicted octanol–water partition coefficient (Wildman–Crippen LogP) is 3.53. The van der Waals surface area contributed by atoms with Gasteiger partial charge in [-0.3, -0.25) is 0 Å². The van der Waals surface area contributed by atoms with E-state index in [2.05, 4.69) is 28.1 Å². The Labute approximate surface area is 116 Å². The average molecular weight is 306 g/mol. The number of nitrogens with two attached hydrogens (primary N) is 1. The summed E-state index contributed by atoms with van der Waals surface area (Å²) in [5, 5.41) is 0. The quantitative estimate of drug-likeness (QED) is 0.917. The number of ether oxygens (including phenoxy) is 1. The molecule has 0 aromatic heterocycles. The largest absolute Gasteiger partial charge is 0.489 e. The first-order valence-corrected chi connectivity index (χ1v) is 6.74. The molecule has 0 aliphatic carbocycles. The summed E-state index contributed by atoms with van der Waals surface area (Å²) in [6.45, 7) is 1.24. The monoisotopic (exact) mass is 305 g/mol. The van der Waals surface area contributed by atoms with Crippen molar-refractivity contribution in [1.29, 1.82) is 0 Å². The van der Waals surface area contributed by atoms with Gasteiger partial charge in [-0.15, -0.1) is 0 Å². The first kappa shape index (κ1) is 13.1. The fraction of sp³-hybridized carbons (Fsp3) is 0.200. The summed E-state index contributed by atoms with van der Waals surface area (Å²) in [6, 6.07) is 16.1. The molecule has 0 spiro atoms. The minimum Gasteiger partial charge on any atom is -0.489 e. The first-order valence-electron chi connectivity index (χ1n) is 5.95. The van der Waals surface area contributed by atoms with Crippen LogP contribution >= 0.6 is 15.9 Å². The molecule has 3 heteroatoms. The lowest BCUT2D eigenvalue weighted by atomic mass is 10.1. The van der Waals surface area contributed by atoms with Gasteiger partial charge in [0.2, 0.25) is 0 Å². The van der Waals surface area contributed by atoms with E-state index in [1.54, 1.807) is 0 Å². The second-order valence-corrected chi connectivity index (χ2v) is 4.97. The van der Waals surface area contributed by atoms with Crippen molar-refractivity contribution in [2.75, 3.05) is 6.54 Å². The molecule has 94 valence electrons. The predicted molar refractivity (Wildman–Crippen MR) is 77.7 cm³/mol. The molecule has 18 heavy (non-hydrogen) atoms. The number of halogens is 1. The Morgan fingerprint density at radius 3 is 2.50 bits per heavy atom. The van der Waals surface area contributed by atoms with Gasteiger partial charge < -0.3 is 10.5 Å². The van der Waals surface area contributed by atoms with Crippen LogP contribution < -0.4 is 10.5 Å². The van der Waals surface area contributed by atoms with Gasteiger partial charge in [-0.2, -0.15) is 0 Å². The topological polar surface area (TPSA) is 35.2 Å². The molecule has 0 saturated carbocycles. The molecule has 0 aliphatic heterocycles. The Morgan fingerprint density at radius 1 is 1.00 bits per heavy atom. The maximum atomic E-state index is 5.79. The highest BCUT2D eigenvalue weighted by atomic mass is 79.9. The van der Waals surface area contributed by atoms with Crippen LogP contribution in [0.4, 0.5) is 0 Å². The molecule has 0 heterocycles. The molecule has 2 nitrogen and oxygen atoms in total. The van der Waals surface area contributed by atoms with E-state index in [0.717, 1.165) is 16.6 Å². The lowest BCUT2D eigenvalue weighted by Crippen LogP contribution is -2.06. The van der Waals surface area contributed by atoms with Crippen LogP contribution in [0.1, 0.15) is 11.1 Å². The fourth-order valence-corrected chi connectivity index (χ4v) is 2.19. The molecule has 2 N–H and O–H groups in total. The van der Waals surface area contributed by atoms with Crippen molar-refractivity contribution in [2.24, 2.45) is 5.73 Å². The van der Waals surface area contributed by atoms with Gasteiger partial charge in [0.05, 0.1) is 0 Å². The molecule has 0 unspecified atom stereocenters. The Balaban J connectivity index is 2.06. The van der Waals surface area contributed by atoms with E-state index in [4.69, 9.17) is 10.5 Å². The number of rotatable bonds is 5. The van der Waals surface area contributed by atoms with Gasteiger partial charge >= 0.3 is 0 Å². The lowest BCUT2D eigenvalue weighted by molar-refractivity contribution is 0.305. The van der Waals surface area contributed by atoms with Gasteiger partial charge in [-0.1, -0.05) is 46.3 Å². The van der Waals surface area contributed by atoms with E-state index in [1.807, 2.05) is 36.4 Å². The fourth-order valence-electron chi connectivity index (χ4n) is 1.82. The van der Waals surface area contributed by atoms with E-state index in [0.29, 0.717) is 13.2 Å². The third-order valence-corrected chi connectivity index (χ3v) is 3.22. The van der Waals surface area contributed by atoms with Crippen LogP contribution in [-0.4, -0.2) is 6.54 Å². The standard InChI is InChI=1S/C15H16BrNO/c16-14-6-3-7-15(10-14)18-11-13-5-2-1-4-12(13)8-9-17/h1-7,10H,8-9,11,17H2. The van der Waals surface area contributed by atoms with Crippen LogP contribution in [-0.2, 0) is 13.0 Å². The third-order valence-electron chi connectivity index (χ3n) is 2.72. The van der Waals surface area contributed by atoms with Crippen LogP contribution in [0.5, 0.6) is 5.75 Å². The smallest absolute Gasteiger partial charge is 0.120 e. The van der Waals surface area contributed by atoms with Crippen LogP contribution in [0.3, 0.4) is 0 Å². The van der Waals surface area contributed by atoms with E-state index in [9.17, 15) is 0 Å². The van der Waals surface area contributed by atoms with Crippen molar-refractivity contribution in [1.82, 2.24) is 0 Å². The molecule has 0 aliphatic rings. The molecule has 0 fully saturated rings. The SMILES string of the molecule is NCCc1ccccc1COc1cccc(Br)c1. The van der Waals surface area contributed by atoms with Crippen LogP contribution in [0.15, 0.2) is 53.0 Å². The zero-order valence-corrected chi connectivity index (χ0v) is 11.7. The van der Waals surface area contributed by atoms with Crippen LogP contribution in [0.2, 0.25) is 0 Å². The van der Waals surface area contributed by atoms with Crippen molar-refractivity contribution in [3.8, 4) is 5.75 Å². The summed E-state index contributed by atoms with van der Waals surface area (Å²) in [7, 11) is 0. The molecule has 0 saturated heterocycles. The summed E-state index contributed by atoms with van der Waals surface area (Å²) in [5.41, 5.74) is 8.07. The Bertz CT molecular complexity index is 513. The van der Waals surface area contributed by atoms with E-state index < -0.39 is 0 Å². The van der Waals surface area contributed by atoms with Gasteiger partial charge in [-0.05, 0) is 42.3 Å². The van der Waals surface area contributed by atoms with Crippen molar-refractivity contribution in [3.63, 3.8) is 0 Å². The highest BCUT2D eigenvalue weighted by Crippen LogP contribution is 2.19. The van der Waals surface area contributed by atoms with Crippen molar-refractivity contribution in [3.05, 3.63) is 64.1 Å². The number of hydrogen-bond donors (Lipinski definition) is 1. The molecule has 0 radical (unpaired) electrons. The number of benzene rings is 2. The van der Waals surface area contributed by atoms with Gasteiger partial charge in [0.25, 0.3) is 0 Å². The van der Waals surface area contributed by atoms with Crippen LogP contribution in [0.25, 0.3) is 0 Å². The second kappa shape index (κ2) is 6.57. The summed E-state index contributed by atoms with van der Waals surface area (Å²) < 4.78 is 6.81. The maximum absolute atomic E-state index is 5.79. The minimum atomic E-state index is 0.576. The Kier molecular flexibility index (Phi) is 4.79. The molecular formula is C15H16BrNO. The van der Waals surface area contributed by atoms with E-state index >= 15 is 0 Å². The Hall–Kier alpha value is -1.32. The summed E-state index contributed by atoms with van der Waals surface area (Å²) >= 11 is 3.43. The van der Waals surface area contributed by atoms with Crippen molar-refractivity contribution in [2.45, 2.75) is 13.0 Å². The average Bonchev–Trinajstić information content (AvgIpc) is 2.38. The molecule has 0 bridgehead atoms.